The molecule has 15 heavy (non-hydrogen) atoms. The molecule has 5 nitrogen and oxygen atoms in total. The average Bonchev–Trinajstić information content (AvgIpc) is 2.55. The van der Waals surface area contributed by atoms with Crippen LogP contribution in [0.1, 0.15) is 17.1 Å². The van der Waals surface area contributed by atoms with Crippen molar-refractivity contribution in [2.24, 2.45) is 10.9 Å². The molecule has 0 amide bonds. The number of nitrogens with zero attached hydrogens (tertiary/aromatic N) is 3. The molecule has 0 spiro atoms. The Morgan fingerprint density at radius 1 is 1.47 bits per heavy atom. The zero-order valence-electron chi connectivity index (χ0n) is 8.60. The van der Waals surface area contributed by atoms with Gasteiger partial charge in [-0.05, 0) is 26.0 Å². The van der Waals surface area contributed by atoms with E-state index in [1.165, 1.54) is 0 Å². The number of fused-ring (bicyclic) bond motifs is 1. The molecule has 0 aromatic carbocycles. The Bertz CT molecular complexity index is 542. The van der Waals surface area contributed by atoms with E-state index in [9.17, 15) is 0 Å². The van der Waals surface area contributed by atoms with E-state index in [1.807, 2.05) is 36.4 Å². The van der Waals surface area contributed by atoms with Crippen LogP contribution in [-0.4, -0.2) is 20.4 Å². The third-order valence-corrected chi connectivity index (χ3v) is 2.36. The summed E-state index contributed by atoms with van der Waals surface area (Å²) >= 11 is 0. The second-order valence-electron chi connectivity index (χ2n) is 3.39. The Morgan fingerprint density at radius 2 is 2.20 bits per heavy atom. The first-order chi connectivity index (χ1) is 7.15. The minimum absolute atomic E-state index is 0.0781. The number of hydrogen-bond donors (Lipinski definition) is 2. The van der Waals surface area contributed by atoms with Gasteiger partial charge in [0, 0.05) is 5.69 Å². The molecule has 0 unspecified atom stereocenters. The van der Waals surface area contributed by atoms with Gasteiger partial charge < -0.3 is 10.9 Å². The van der Waals surface area contributed by atoms with Crippen molar-refractivity contribution in [1.29, 1.82) is 0 Å². The van der Waals surface area contributed by atoms with E-state index in [0.29, 0.717) is 5.69 Å². The highest BCUT2D eigenvalue weighted by molar-refractivity contribution is 5.97. The summed E-state index contributed by atoms with van der Waals surface area (Å²) in [5.74, 6) is 0.0781. The van der Waals surface area contributed by atoms with Gasteiger partial charge in [-0.1, -0.05) is 11.2 Å². The number of nitrogens with two attached hydrogens (primary N) is 1. The molecule has 5 heteroatoms. The van der Waals surface area contributed by atoms with Gasteiger partial charge in [-0.3, -0.25) is 4.40 Å². The molecule has 0 aliphatic carbocycles. The molecule has 2 rings (SSSR count). The van der Waals surface area contributed by atoms with Crippen LogP contribution < -0.4 is 5.73 Å². The maximum absolute atomic E-state index is 8.70. The molecule has 0 saturated heterocycles. The summed E-state index contributed by atoms with van der Waals surface area (Å²) in [6, 6.07) is 5.75. The van der Waals surface area contributed by atoms with Crippen molar-refractivity contribution < 1.29 is 5.21 Å². The number of aromatic nitrogens is 2. The van der Waals surface area contributed by atoms with E-state index < -0.39 is 0 Å². The predicted octanol–water partition coefficient (Wildman–Crippen LogP) is 1.05. The van der Waals surface area contributed by atoms with Crippen LogP contribution in [0.5, 0.6) is 0 Å². The summed E-state index contributed by atoms with van der Waals surface area (Å²) in [7, 11) is 0. The first-order valence-electron chi connectivity index (χ1n) is 4.57. The van der Waals surface area contributed by atoms with Gasteiger partial charge in [0.2, 0.25) is 0 Å². The highest BCUT2D eigenvalue weighted by Gasteiger charge is 2.13. The van der Waals surface area contributed by atoms with Crippen LogP contribution >= 0.6 is 0 Å². The van der Waals surface area contributed by atoms with Gasteiger partial charge in [-0.2, -0.15) is 0 Å². The smallest absolute Gasteiger partial charge is 0.189 e. The lowest BCUT2D eigenvalue weighted by atomic mass is 10.3. The van der Waals surface area contributed by atoms with Gasteiger partial charge in [0.25, 0.3) is 0 Å². The van der Waals surface area contributed by atoms with Crippen LogP contribution in [0, 0.1) is 13.8 Å². The van der Waals surface area contributed by atoms with E-state index in [0.717, 1.165) is 17.0 Å². The molecule has 0 radical (unpaired) electrons. The number of oxime groups is 1. The first-order valence-corrected chi connectivity index (χ1v) is 4.57. The van der Waals surface area contributed by atoms with Gasteiger partial charge in [0.1, 0.15) is 11.3 Å². The molecule has 0 atom stereocenters. The number of pyridine rings is 1. The Balaban J connectivity index is 2.89. The second kappa shape index (κ2) is 3.27. The maximum Gasteiger partial charge on any atom is 0.189 e. The van der Waals surface area contributed by atoms with Crippen molar-refractivity contribution in [3.63, 3.8) is 0 Å². The molecule has 2 aromatic rings. The van der Waals surface area contributed by atoms with Crippen molar-refractivity contribution in [2.75, 3.05) is 0 Å². The average molecular weight is 204 g/mol. The van der Waals surface area contributed by atoms with E-state index in [-0.39, 0.29) is 5.84 Å². The van der Waals surface area contributed by atoms with E-state index in [2.05, 4.69) is 10.1 Å². The number of aryl methyl sites for hydroxylation is 2. The highest BCUT2D eigenvalue weighted by atomic mass is 16.4. The molecule has 0 aliphatic heterocycles. The van der Waals surface area contributed by atoms with E-state index in [1.54, 1.807) is 0 Å². The fraction of sp³-hybridized carbons (Fsp3) is 0.200. The first kappa shape index (κ1) is 9.51. The van der Waals surface area contributed by atoms with Gasteiger partial charge in [-0.25, -0.2) is 4.98 Å². The summed E-state index contributed by atoms with van der Waals surface area (Å²) in [6.45, 7) is 3.78. The molecule has 0 bridgehead atoms. The van der Waals surface area contributed by atoms with Crippen molar-refractivity contribution in [1.82, 2.24) is 9.38 Å². The minimum Gasteiger partial charge on any atom is -0.409 e. The summed E-state index contributed by atoms with van der Waals surface area (Å²) in [4.78, 5) is 4.33. The molecule has 2 aromatic heterocycles. The van der Waals surface area contributed by atoms with Crippen LogP contribution in [0.2, 0.25) is 0 Å². The minimum atomic E-state index is 0.0781. The van der Waals surface area contributed by atoms with Crippen LogP contribution in [0.3, 0.4) is 0 Å². The molecule has 3 N–H and O–H groups in total. The Labute approximate surface area is 86.8 Å². The largest absolute Gasteiger partial charge is 0.409 e. The van der Waals surface area contributed by atoms with E-state index >= 15 is 0 Å². The van der Waals surface area contributed by atoms with Gasteiger partial charge in [-0.15, -0.1) is 0 Å². The van der Waals surface area contributed by atoms with E-state index in [4.69, 9.17) is 10.9 Å². The molecule has 2 heterocycles. The number of imidazole rings is 1. The third kappa shape index (κ3) is 1.32. The topological polar surface area (TPSA) is 75.9 Å². The number of amidine groups is 1. The molecular formula is C10H12N4O. The zero-order chi connectivity index (χ0) is 11.0. The lowest BCUT2D eigenvalue weighted by Gasteiger charge is -2.03. The quantitative estimate of drug-likeness (QED) is 0.315. The lowest BCUT2D eigenvalue weighted by molar-refractivity contribution is 0.318. The molecule has 78 valence electrons. The van der Waals surface area contributed by atoms with Crippen LogP contribution in [0.25, 0.3) is 5.65 Å². The fourth-order valence-electron chi connectivity index (χ4n) is 1.72. The standard InChI is InChI=1S/C10H12N4O/c1-6-4-3-5-8-12-7(2)9(14(6)8)10(11)13-15/h3-5,15H,1-2H3,(H2,11,13). The summed E-state index contributed by atoms with van der Waals surface area (Å²) in [6.07, 6.45) is 0. The molecule has 0 fully saturated rings. The monoisotopic (exact) mass is 204 g/mol. The van der Waals surface area contributed by atoms with Gasteiger partial charge >= 0.3 is 0 Å². The number of hydrogen-bond acceptors (Lipinski definition) is 3. The Hall–Kier alpha value is -2.04. The van der Waals surface area contributed by atoms with Gasteiger partial charge in [0.05, 0.1) is 5.69 Å². The lowest BCUT2D eigenvalue weighted by Crippen LogP contribution is -2.17. The second-order valence-corrected chi connectivity index (χ2v) is 3.39. The Morgan fingerprint density at radius 3 is 2.87 bits per heavy atom. The van der Waals surface area contributed by atoms with Crippen LogP contribution in [0.15, 0.2) is 23.4 Å². The predicted molar refractivity (Wildman–Crippen MR) is 57.2 cm³/mol. The van der Waals surface area contributed by atoms with Crippen LogP contribution in [0.4, 0.5) is 0 Å². The molecule has 0 saturated carbocycles. The Kier molecular flexibility index (Phi) is 2.07. The third-order valence-electron chi connectivity index (χ3n) is 2.36. The van der Waals surface area contributed by atoms with Crippen molar-refractivity contribution in [3.05, 3.63) is 35.3 Å². The van der Waals surface area contributed by atoms with Crippen molar-refractivity contribution in [3.8, 4) is 0 Å². The van der Waals surface area contributed by atoms with Crippen molar-refractivity contribution >= 4 is 11.5 Å². The zero-order valence-corrected chi connectivity index (χ0v) is 8.60. The summed E-state index contributed by atoms with van der Waals surface area (Å²) in [5.41, 5.74) is 8.80. The maximum atomic E-state index is 8.70. The fourth-order valence-corrected chi connectivity index (χ4v) is 1.72. The van der Waals surface area contributed by atoms with Crippen molar-refractivity contribution in [2.45, 2.75) is 13.8 Å². The molecule has 0 aliphatic rings. The summed E-state index contributed by atoms with van der Waals surface area (Å²) < 4.78 is 1.87. The summed E-state index contributed by atoms with van der Waals surface area (Å²) in [5, 5.41) is 11.7. The molecular weight excluding hydrogens is 192 g/mol. The SMILES string of the molecule is Cc1nc2cccc(C)n2c1/C(N)=N\O. The number of rotatable bonds is 1. The van der Waals surface area contributed by atoms with Gasteiger partial charge in [0.15, 0.2) is 5.84 Å². The highest BCUT2D eigenvalue weighted by Crippen LogP contribution is 2.14. The normalized spacial score (nSPS) is 12.3. The van der Waals surface area contributed by atoms with Crippen LogP contribution in [-0.2, 0) is 0 Å².